The summed E-state index contributed by atoms with van der Waals surface area (Å²) in [5, 5.41) is 30.1. The molecule has 78 heavy (non-hydrogen) atoms. The first-order chi connectivity index (χ1) is 37.3. The van der Waals surface area contributed by atoms with Crippen molar-refractivity contribution in [2.24, 2.45) is 10.4 Å². The summed E-state index contributed by atoms with van der Waals surface area (Å²) < 4.78 is 13.6. The first kappa shape index (κ1) is 55.6. The second kappa shape index (κ2) is 23.8. The molecule has 20 heteroatoms. The summed E-state index contributed by atoms with van der Waals surface area (Å²) in [5.41, 5.74) is 10.4. The van der Waals surface area contributed by atoms with E-state index >= 15 is 0 Å². The zero-order valence-corrected chi connectivity index (χ0v) is 47.2. The number of thiazole rings is 1. The van der Waals surface area contributed by atoms with Crippen molar-refractivity contribution in [1.29, 1.82) is 0 Å². The van der Waals surface area contributed by atoms with Crippen LogP contribution in [-0.4, -0.2) is 109 Å². The molecule has 17 nitrogen and oxygen atoms in total. The fraction of sp³-hybridized carbons (Fsp3) is 0.362. The van der Waals surface area contributed by atoms with Crippen LogP contribution in [0.1, 0.15) is 103 Å². The topological polar surface area (TPSA) is 215 Å². The summed E-state index contributed by atoms with van der Waals surface area (Å²) in [7, 11) is 0. The highest BCUT2D eigenvalue weighted by Crippen LogP contribution is 2.40. The molecule has 406 valence electrons. The standard InChI is InChI=1S/C58H63ClN10O7S2/c1-32-35(4)78-57-50(32)51(40-17-19-43(59)20-18-40)64-45(54-67-66-36(5)69(54)57)27-47(71)63-33(2)38-13-15-39(16-14-38)42-21-22-60-49(25-42)76-24-23-75-30-48(72)65-53(58(6,7)8)56(74)68-29-44(70)26-46(68)55(73)61-28-37-9-11-41(12-10-37)52-34(3)62-31-77-52/h9-22,25,31,33,44-46,53,70H,23-24,26-30H2,1-8H3,(H,61,73)(H,63,71)(H,65,72)/t33-,44-,45+,46+,53?/m1/s1. The Labute approximate surface area is 466 Å². The molecule has 4 aromatic heterocycles. The van der Waals surface area contributed by atoms with Crippen molar-refractivity contribution in [2.45, 2.75) is 105 Å². The Morgan fingerprint density at radius 1 is 0.859 bits per heavy atom. The predicted octanol–water partition coefficient (Wildman–Crippen LogP) is 8.77. The second-order valence-electron chi connectivity index (χ2n) is 20.7. The second-order valence-corrected chi connectivity index (χ2v) is 23.2. The van der Waals surface area contributed by atoms with Gasteiger partial charge < -0.3 is 35.4 Å². The number of aryl methyl sites for hydroxylation is 3. The summed E-state index contributed by atoms with van der Waals surface area (Å²) in [6, 6.07) is 24.2. The van der Waals surface area contributed by atoms with Gasteiger partial charge in [-0.2, -0.15) is 0 Å². The third-order valence-electron chi connectivity index (χ3n) is 14.0. The third kappa shape index (κ3) is 12.6. The predicted molar refractivity (Wildman–Crippen MR) is 302 cm³/mol. The van der Waals surface area contributed by atoms with E-state index < -0.39 is 41.5 Å². The van der Waals surface area contributed by atoms with Gasteiger partial charge in [0.1, 0.15) is 42.2 Å². The highest BCUT2D eigenvalue weighted by atomic mass is 35.5. The van der Waals surface area contributed by atoms with Crippen molar-refractivity contribution in [1.82, 2.24) is 45.6 Å². The smallest absolute Gasteiger partial charge is 0.246 e. The Morgan fingerprint density at radius 3 is 2.28 bits per heavy atom. The van der Waals surface area contributed by atoms with Crippen molar-refractivity contribution in [2.75, 3.05) is 26.4 Å². The molecule has 3 aromatic carbocycles. The molecule has 2 aliphatic heterocycles. The number of benzene rings is 3. The molecule has 0 spiro atoms. The van der Waals surface area contributed by atoms with Gasteiger partial charge in [-0.3, -0.25) is 28.7 Å². The minimum Gasteiger partial charge on any atom is -0.475 e. The number of fused-ring (bicyclic) bond motifs is 3. The molecule has 4 N–H and O–H groups in total. The number of carbonyl (C=O) groups is 4. The largest absolute Gasteiger partial charge is 0.475 e. The Bertz CT molecular complexity index is 3350. The van der Waals surface area contributed by atoms with E-state index in [0.29, 0.717) is 16.7 Å². The van der Waals surface area contributed by atoms with Gasteiger partial charge in [0.15, 0.2) is 5.82 Å². The average molecular weight is 1110 g/mol. The number of aliphatic hydroxyl groups is 1. The van der Waals surface area contributed by atoms with Gasteiger partial charge in [-0.25, -0.2) is 9.97 Å². The molecular weight excluding hydrogens is 1050 g/mol. The number of nitrogens with one attached hydrogen (secondary N) is 3. The van der Waals surface area contributed by atoms with Crippen LogP contribution in [0.25, 0.3) is 26.6 Å². The lowest BCUT2D eigenvalue weighted by Crippen LogP contribution is -2.58. The van der Waals surface area contributed by atoms with Gasteiger partial charge in [-0.15, -0.1) is 32.9 Å². The van der Waals surface area contributed by atoms with Crippen LogP contribution in [0.5, 0.6) is 5.88 Å². The number of nitrogens with zero attached hydrogens (tertiary/aromatic N) is 7. The summed E-state index contributed by atoms with van der Waals surface area (Å²) in [5.74, 6) is 0.148. The number of hydrogen-bond acceptors (Lipinski definition) is 14. The molecule has 0 aliphatic carbocycles. The first-order valence-electron chi connectivity index (χ1n) is 25.8. The number of rotatable bonds is 18. The Hall–Kier alpha value is -7.16. The van der Waals surface area contributed by atoms with Crippen molar-refractivity contribution < 1.29 is 33.8 Å². The number of aromatic nitrogens is 5. The van der Waals surface area contributed by atoms with Crippen LogP contribution >= 0.6 is 34.3 Å². The monoisotopic (exact) mass is 1110 g/mol. The number of carbonyl (C=O) groups excluding carboxylic acids is 4. The average Bonchev–Trinajstić information content (AvgIpc) is 4.40. The van der Waals surface area contributed by atoms with Crippen LogP contribution in [0.3, 0.4) is 0 Å². The molecule has 2 aliphatic rings. The zero-order chi connectivity index (χ0) is 55.4. The lowest BCUT2D eigenvalue weighted by molar-refractivity contribution is -0.144. The molecule has 0 radical (unpaired) electrons. The van der Waals surface area contributed by atoms with Crippen molar-refractivity contribution in [3.8, 4) is 32.4 Å². The maximum atomic E-state index is 14.1. The molecule has 5 atom stereocenters. The maximum Gasteiger partial charge on any atom is 0.246 e. The molecule has 9 rings (SSSR count). The van der Waals surface area contributed by atoms with Crippen LogP contribution in [-0.2, 0) is 30.5 Å². The van der Waals surface area contributed by atoms with E-state index in [0.717, 1.165) is 71.6 Å². The molecule has 1 fully saturated rings. The maximum absolute atomic E-state index is 14.1. The molecule has 1 saturated heterocycles. The minimum atomic E-state index is -1.00. The van der Waals surface area contributed by atoms with Gasteiger partial charge in [0.2, 0.25) is 29.5 Å². The minimum absolute atomic E-state index is 0.0362. The lowest BCUT2D eigenvalue weighted by atomic mass is 9.85. The molecule has 1 unspecified atom stereocenters. The summed E-state index contributed by atoms with van der Waals surface area (Å²) in [4.78, 5) is 72.3. The number of likely N-dealkylation sites (tertiary alicyclic amines) is 1. The van der Waals surface area contributed by atoms with E-state index in [9.17, 15) is 24.3 Å². The van der Waals surface area contributed by atoms with E-state index in [-0.39, 0.29) is 63.6 Å². The van der Waals surface area contributed by atoms with Gasteiger partial charge in [0.25, 0.3) is 0 Å². The molecule has 4 amide bonds. The number of hydrogen-bond donors (Lipinski definition) is 4. The number of pyridine rings is 1. The highest BCUT2D eigenvalue weighted by molar-refractivity contribution is 7.15. The summed E-state index contributed by atoms with van der Waals surface area (Å²) >= 11 is 9.51. The number of β-amino-alcohol motifs (C(OH)–C–C–N with tert-alkyl or cyclic N) is 1. The van der Waals surface area contributed by atoms with Crippen LogP contribution in [0.15, 0.2) is 102 Å². The van der Waals surface area contributed by atoms with Gasteiger partial charge >= 0.3 is 0 Å². The Balaban J connectivity index is 0.747. The Kier molecular flexibility index (Phi) is 17.0. The molecule has 6 heterocycles. The molecule has 0 saturated carbocycles. The quantitative estimate of drug-likeness (QED) is 0.0596. The van der Waals surface area contributed by atoms with Crippen LogP contribution in [0.2, 0.25) is 5.02 Å². The van der Waals surface area contributed by atoms with E-state index in [1.165, 1.54) is 9.78 Å². The summed E-state index contributed by atoms with van der Waals surface area (Å²) in [6.45, 7) is 15.5. The molecular formula is C58H63ClN10O7S2. The van der Waals surface area contributed by atoms with Crippen molar-refractivity contribution >= 4 is 63.6 Å². The number of aliphatic hydroxyl groups excluding tert-OH is 1. The number of halogens is 1. The van der Waals surface area contributed by atoms with Crippen molar-refractivity contribution in [3.63, 3.8) is 0 Å². The van der Waals surface area contributed by atoms with Gasteiger partial charge in [0, 0.05) is 52.8 Å². The number of amides is 4. The van der Waals surface area contributed by atoms with Crippen LogP contribution in [0, 0.1) is 33.1 Å². The highest BCUT2D eigenvalue weighted by Gasteiger charge is 2.44. The van der Waals surface area contributed by atoms with E-state index in [1.807, 2.05) is 137 Å². The normalized spacial score (nSPS) is 16.8. The number of thiophene rings is 1. The SMILES string of the molecule is Cc1ncsc1-c1ccc(CNC(=O)[C@@H]2C[C@@H](O)CN2C(=O)C(NC(=O)COCCOc2cc(-c3ccc([C@@H](C)NC(=O)C[C@@H]4N=C(c5ccc(Cl)cc5)c5c(sc(C)c5C)-n5c(C)nnc54)cc3)ccn2)C(C)(C)C)cc1. The Morgan fingerprint density at radius 2 is 1.58 bits per heavy atom. The number of aliphatic imine (C=N–C) groups is 1. The van der Waals surface area contributed by atoms with Crippen molar-refractivity contribution in [3.05, 3.63) is 152 Å². The van der Waals surface area contributed by atoms with E-state index in [2.05, 4.69) is 50.0 Å². The zero-order valence-electron chi connectivity index (χ0n) is 44.8. The fourth-order valence-corrected chi connectivity index (χ4v) is 11.8. The van der Waals surface area contributed by atoms with Crippen LogP contribution in [0.4, 0.5) is 0 Å². The number of ether oxygens (including phenoxy) is 2. The van der Waals surface area contributed by atoms with Crippen LogP contribution < -0.4 is 20.7 Å². The van der Waals surface area contributed by atoms with Gasteiger partial charge in [0.05, 0.1) is 47.0 Å². The third-order valence-corrected chi connectivity index (χ3v) is 16.4. The fourth-order valence-electron chi connectivity index (χ4n) is 9.68. The van der Waals surface area contributed by atoms with E-state index in [1.54, 1.807) is 28.9 Å². The molecule has 0 bridgehead atoms. The lowest BCUT2D eigenvalue weighted by Gasteiger charge is -2.35. The van der Waals surface area contributed by atoms with Gasteiger partial charge in [-0.05, 0) is 91.6 Å². The van der Waals surface area contributed by atoms with Gasteiger partial charge in [-0.1, -0.05) is 93.0 Å². The molecule has 7 aromatic rings. The van der Waals surface area contributed by atoms with E-state index in [4.69, 9.17) is 26.1 Å². The summed E-state index contributed by atoms with van der Waals surface area (Å²) in [6.07, 6.45) is 0.893. The first-order valence-corrected chi connectivity index (χ1v) is 27.9.